The lowest BCUT2D eigenvalue weighted by atomic mass is 10.2. The molecular weight excluding hydrogens is 497 g/mol. The highest BCUT2D eigenvalue weighted by Gasteiger charge is 2.17. The van der Waals surface area contributed by atoms with E-state index in [9.17, 15) is 18.8 Å². The standard InChI is InChI=1S/C23H21ClFN5O4S/c1-3-10-30-19(12-26-21(32)15-6-4-5-7-17(15)25)28-29-23(30)35-13-20(31)27-18-11-14(22(33)34-2)8-9-16(18)24/h3-9,11H,1,10,12-13H2,2H3,(H,26,32)(H,27,31). The van der Waals surface area contributed by atoms with Gasteiger partial charge in [-0.3, -0.25) is 9.59 Å². The van der Waals surface area contributed by atoms with Gasteiger partial charge in [-0.25, -0.2) is 9.18 Å². The van der Waals surface area contributed by atoms with Crippen LogP contribution >= 0.6 is 23.4 Å². The molecule has 0 aliphatic rings. The molecule has 9 nitrogen and oxygen atoms in total. The van der Waals surface area contributed by atoms with E-state index in [-0.39, 0.29) is 40.0 Å². The molecule has 0 saturated heterocycles. The number of nitrogens with one attached hydrogen (secondary N) is 2. The molecule has 3 rings (SSSR count). The van der Waals surface area contributed by atoms with Crippen molar-refractivity contribution in [3.05, 3.63) is 82.9 Å². The summed E-state index contributed by atoms with van der Waals surface area (Å²) in [6, 6.07) is 10.0. The van der Waals surface area contributed by atoms with E-state index in [2.05, 4.69) is 32.1 Å². The number of anilines is 1. The molecule has 0 bridgehead atoms. The summed E-state index contributed by atoms with van der Waals surface area (Å²) in [4.78, 5) is 36.5. The molecule has 0 aliphatic carbocycles. The number of thioether (sulfide) groups is 1. The van der Waals surface area contributed by atoms with Crippen LogP contribution in [0.3, 0.4) is 0 Å². The molecule has 2 amide bonds. The third-order valence-electron chi connectivity index (χ3n) is 4.62. The number of hydrogen-bond acceptors (Lipinski definition) is 7. The van der Waals surface area contributed by atoms with Crippen LogP contribution in [-0.4, -0.2) is 45.4 Å². The molecule has 12 heteroatoms. The number of halogens is 2. The van der Waals surface area contributed by atoms with Crippen molar-refractivity contribution >= 4 is 46.8 Å². The van der Waals surface area contributed by atoms with Gasteiger partial charge in [0, 0.05) is 6.54 Å². The molecule has 0 saturated carbocycles. The Bertz CT molecular complexity index is 1270. The molecule has 0 radical (unpaired) electrons. The number of amides is 2. The maximum Gasteiger partial charge on any atom is 0.337 e. The van der Waals surface area contributed by atoms with Gasteiger partial charge in [-0.2, -0.15) is 0 Å². The lowest BCUT2D eigenvalue weighted by Crippen LogP contribution is -2.25. The van der Waals surface area contributed by atoms with Crippen LogP contribution in [0.5, 0.6) is 0 Å². The van der Waals surface area contributed by atoms with E-state index in [1.807, 2.05) is 0 Å². The Kier molecular flexibility index (Phi) is 8.98. The van der Waals surface area contributed by atoms with E-state index in [0.717, 1.165) is 11.8 Å². The van der Waals surface area contributed by atoms with E-state index < -0.39 is 17.7 Å². The average molecular weight is 518 g/mol. The Morgan fingerprint density at radius 2 is 2.00 bits per heavy atom. The first-order valence-corrected chi connectivity index (χ1v) is 11.6. The van der Waals surface area contributed by atoms with Gasteiger partial charge in [-0.15, -0.1) is 16.8 Å². The van der Waals surface area contributed by atoms with Gasteiger partial charge in [0.1, 0.15) is 5.82 Å². The Morgan fingerprint density at radius 1 is 1.23 bits per heavy atom. The van der Waals surface area contributed by atoms with Crippen molar-refractivity contribution in [1.29, 1.82) is 0 Å². The second kappa shape index (κ2) is 12.1. The minimum absolute atomic E-state index is 0.00328. The number of esters is 1. The van der Waals surface area contributed by atoms with Gasteiger partial charge < -0.3 is 19.9 Å². The summed E-state index contributed by atoms with van der Waals surface area (Å²) in [5, 5.41) is 14.1. The van der Waals surface area contributed by atoms with Crippen LogP contribution in [0, 0.1) is 5.82 Å². The first-order chi connectivity index (χ1) is 16.8. The fraction of sp³-hybridized carbons (Fsp3) is 0.174. The minimum Gasteiger partial charge on any atom is -0.465 e. The highest BCUT2D eigenvalue weighted by Crippen LogP contribution is 2.24. The van der Waals surface area contributed by atoms with E-state index in [1.54, 1.807) is 16.7 Å². The second-order valence-electron chi connectivity index (χ2n) is 6.98. The lowest BCUT2D eigenvalue weighted by molar-refractivity contribution is -0.113. The van der Waals surface area contributed by atoms with Crippen LogP contribution in [0.4, 0.5) is 10.1 Å². The first-order valence-electron chi connectivity index (χ1n) is 10.2. The Hall–Kier alpha value is -3.70. The zero-order valence-electron chi connectivity index (χ0n) is 18.6. The maximum absolute atomic E-state index is 13.8. The fourth-order valence-electron chi connectivity index (χ4n) is 2.95. The van der Waals surface area contributed by atoms with Crippen LogP contribution in [0.15, 0.2) is 60.3 Å². The molecule has 1 heterocycles. The van der Waals surface area contributed by atoms with Crippen LogP contribution in [0.1, 0.15) is 26.5 Å². The Labute approximate surface area is 209 Å². The number of benzene rings is 2. The topological polar surface area (TPSA) is 115 Å². The van der Waals surface area contributed by atoms with E-state index in [1.165, 1.54) is 43.5 Å². The molecule has 0 aliphatic heterocycles. The number of nitrogens with zero attached hydrogens (tertiary/aromatic N) is 3. The van der Waals surface area contributed by atoms with Gasteiger partial charge in [0.2, 0.25) is 5.91 Å². The second-order valence-corrected chi connectivity index (χ2v) is 8.33. The normalized spacial score (nSPS) is 10.5. The summed E-state index contributed by atoms with van der Waals surface area (Å²) in [5.41, 5.74) is 0.431. The number of carbonyl (C=O) groups excluding carboxylic acids is 3. The molecule has 2 aromatic carbocycles. The molecule has 35 heavy (non-hydrogen) atoms. The number of ether oxygens (including phenoxy) is 1. The Morgan fingerprint density at radius 3 is 2.71 bits per heavy atom. The molecule has 3 aromatic rings. The number of allylic oxidation sites excluding steroid dienone is 1. The smallest absolute Gasteiger partial charge is 0.337 e. The van der Waals surface area contributed by atoms with E-state index in [0.29, 0.717) is 17.5 Å². The SMILES string of the molecule is C=CCn1c(CNC(=O)c2ccccc2F)nnc1SCC(=O)Nc1cc(C(=O)OC)ccc1Cl. The molecule has 182 valence electrons. The number of aromatic nitrogens is 3. The van der Waals surface area contributed by atoms with Crippen molar-refractivity contribution in [2.45, 2.75) is 18.2 Å². The molecule has 0 atom stereocenters. The molecule has 0 spiro atoms. The van der Waals surface area contributed by atoms with Crippen LogP contribution in [0.2, 0.25) is 5.02 Å². The number of hydrogen-bond donors (Lipinski definition) is 2. The minimum atomic E-state index is -0.628. The van der Waals surface area contributed by atoms with Crippen molar-refractivity contribution in [3.8, 4) is 0 Å². The van der Waals surface area contributed by atoms with Gasteiger partial charge in [0.05, 0.1) is 41.2 Å². The molecule has 1 aromatic heterocycles. The third kappa shape index (κ3) is 6.67. The number of carbonyl (C=O) groups is 3. The average Bonchev–Trinajstić information content (AvgIpc) is 3.24. The van der Waals surface area contributed by atoms with E-state index in [4.69, 9.17) is 11.6 Å². The highest BCUT2D eigenvalue weighted by atomic mass is 35.5. The van der Waals surface area contributed by atoms with Gasteiger partial charge in [0.25, 0.3) is 5.91 Å². The quantitative estimate of drug-likeness (QED) is 0.239. The van der Waals surface area contributed by atoms with Crippen LogP contribution in [0.25, 0.3) is 0 Å². The van der Waals surface area contributed by atoms with Gasteiger partial charge >= 0.3 is 5.97 Å². The summed E-state index contributed by atoms with van der Waals surface area (Å²) in [7, 11) is 1.25. The highest BCUT2D eigenvalue weighted by molar-refractivity contribution is 7.99. The molecular formula is C23H21ClFN5O4S. The summed E-state index contributed by atoms with van der Waals surface area (Å²) in [5.74, 6) is -1.78. The van der Waals surface area contributed by atoms with Gasteiger partial charge in [-0.1, -0.05) is 41.6 Å². The predicted molar refractivity (Wildman–Crippen MR) is 130 cm³/mol. The molecule has 0 unspecified atom stereocenters. The molecule has 2 N–H and O–H groups in total. The van der Waals surface area contributed by atoms with Crippen LogP contribution in [-0.2, 0) is 22.6 Å². The van der Waals surface area contributed by atoms with E-state index >= 15 is 0 Å². The monoisotopic (exact) mass is 517 g/mol. The van der Waals surface area contributed by atoms with Gasteiger partial charge in [-0.05, 0) is 30.3 Å². The van der Waals surface area contributed by atoms with Crippen molar-refractivity contribution in [2.75, 3.05) is 18.2 Å². The molecule has 0 fully saturated rings. The zero-order valence-corrected chi connectivity index (χ0v) is 20.2. The lowest BCUT2D eigenvalue weighted by Gasteiger charge is -2.10. The van der Waals surface area contributed by atoms with Crippen molar-refractivity contribution in [2.24, 2.45) is 0 Å². The largest absolute Gasteiger partial charge is 0.465 e. The summed E-state index contributed by atoms with van der Waals surface area (Å²) in [6.07, 6.45) is 1.62. The third-order valence-corrected chi connectivity index (χ3v) is 5.92. The fourth-order valence-corrected chi connectivity index (χ4v) is 3.88. The van der Waals surface area contributed by atoms with Gasteiger partial charge in [0.15, 0.2) is 11.0 Å². The van der Waals surface area contributed by atoms with Crippen molar-refractivity contribution in [3.63, 3.8) is 0 Å². The Balaban J connectivity index is 1.64. The van der Waals surface area contributed by atoms with Crippen LogP contribution < -0.4 is 10.6 Å². The number of rotatable bonds is 10. The maximum atomic E-state index is 13.8. The van der Waals surface area contributed by atoms with Crippen molar-refractivity contribution < 1.29 is 23.5 Å². The van der Waals surface area contributed by atoms with Crippen molar-refractivity contribution in [1.82, 2.24) is 20.1 Å². The summed E-state index contributed by atoms with van der Waals surface area (Å²) < 4.78 is 20.2. The summed E-state index contributed by atoms with van der Waals surface area (Å²) in [6.45, 7) is 4.03. The summed E-state index contributed by atoms with van der Waals surface area (Å²) >= 11 is 7.23. The first kappa shape index (κ1) is 25.9. The zero-order chi connectivity index (χ0) is 25.4. The predicted octanol–water partition coefficient (Wildman–Crippen LogP) is 3.70. The number of methoxy groups -OCH3 is 1.